The van der Waals surface area contributed by atoms with Crippen molar-refractivity contribution < 1.29 is 8.78 Å². The van der Waals surface area contributed by atoms with Crippen LogP contribution >= 0.6 is 23.2 Å². The van der Waals surface area contributed by atoms with E-state index in [0.29, 0.717) is 22.2 Å². The molecule has 2 aromatic rings. The van der Waals surface area contributed by atoms with Crippen LogP contribution in [0.4, 0.5) is 14.5 Å². The molecule has 0 amide bonds. The molecular formula is C13H9Cl2F2N. The third-order valence-electron chi connectivity index (χ3n) is 2.34. The van der Waals surface area contributed by atoms with Crippen molar-refractivity contribution in [3.8, 4) is 0 Å². The summed E-state index contributed by atoms with van der Waals surface area (Å²) >= 11 is 11.6. The van der Waals surface area contributed by atoms with E-state index in [0.717, 1.165) is 11.8 Å². The molecule has 0 aliphatic rings. The zero-order valence-corrected chi connectivity index (χ0v) is 10.7. The van der Waals surface area contributed by atoms with Crippen molar-refractivity contribution >= 4 is 28.9 Å². The van der Waals surface area contributed by atoms with E-state index in [9.17, 15) is 8.78 Å². The minimum atomic E-state index is -0.596. The van der Waals surface area contributed by atoms with Crippen LogP contribution in [0.3, 0.4) is 0 Å². The molecule has 0 aromatic heterocycles. The molecule has 94 valence electrons. The second-order valence-corrected chi connectivity index (χ2v) is 4.57. The summed E-state index contributed by atoms with van der Waals surface area (Å²) in [7, 11) is 0. The van der Waals surface area contributed by atoms with Crippen LogP contribution in [0, 0.1) is 11.6 Å². The quantitative estimate of drug-likeness (QED) is 0.848. The largest absolute Gasteiger partial charge is 0.381 e. The van der Waals surface area contributed by atoms with Gasteiger partial charge in [-0.3, -0.25) is 0 Å². The molecule has 5 heteroatoms. The number of rotatable bonds is 3. The van der Waals surface area contributed by atoms with E-state index in [4.69, 9.17) is 23.2 Å². The standard InChI is InChI=1S/C13H9Cl2F2N/c14-12-2-1-11(6-13(12)15)18-7-8-3-9(16)5-10(17)4-8/h1-6,18H,7H2. The Balaban J connectivity index is 2.08. The van der Waals surface area contributed by atoms with Crippen molar-refractivity contribution in [1.29, 1.82) is 0 Å². The summed E-state index contributed by atoms with van der Waals surface area (Å²) in [6.07, 6.45) is 0. The van der Waals surface area contributed by atoms with Gasteiger partial charge in [0.15, 0.2) is 0 Å². The highest BCUT2D eigenvalue weighted by Crippen LogP contribution is 2.25. The fourth-order valence-corrected chi connectivity index (χ4v) is 1.82. The summed E-state index contributed by atoms with van der Waals surface area (Å²) < 4.78 is 25.9. The van der Waals surface area contributed by atoms with Gasteiger partial charge in [0, 0.05) is 18.3 Å². The van der Waals surface area contributed by atoms with E-state index in [1.807, 2.05) is 0 Å². The van der Waals surface area contributed by atoms with Gasteiger partial charge >= 0.3 is 0 Å². The Morgan fingerprint density at radius 1 is 0.889 bits per heavy atom. The van der Waals surface area contributed by atoms with Gasteiger partial charge in [0.1, 0.15) is 11.6 Å². The second kappa shape index (κ2) is 5.55. The summed E-state index contributed by atoms with van der Waals surface area (Å²) in [6.45, 7) is 0.298. The van der Waals surface area contributed by atoms with Crippen LogP contribution in [0.1, 0.15) is 5.56 Å². The Morgan fingerprint density at radius 2 is 1.56 bits per heavy atom. The lowest BCUT2D eigenvalue weighted by Gasteiger charge is -2.08. The molecule has 2 rings (SSSR count). The first-order valence-corrected chi connectivity index (χ1v) is 5.94. The maximum atomic E-state index is 13.0. The van der Waals surface area contributed by atoms with Gasteiger partial charge < -0.3 is 5.32 Å². The van der Waals surface area contributed by atoms with Crippen molar-refractivity contribution in [3.63, 3.8) is 0 Å². The van der Waals surface area contributed by atoms with Crippen molar-refractivity contribution in [2.75, 3.05) is 5.32 Å². The van der Waals surface area contributed by atoms with Gasteiger partial charge in [0.05, 0.1) is 10.0 Å². The average molecular weight is 288 g/mol. The molecule has 0 fully saturated rings. The average Bonchev–Trinajstić information content (AvgIpc) is 2.29. The summed E-state index contributed by atoms with van der Waals surface area (Å²) in [4.78, 5) is 0. The zero-order valence-electron chi connectivity index (χ0n) is 9.18. The summed E-state index contributed by atoms with van der Waals surface area (Å²) in [6, 6.07) is 8.42. The van der Waals surface area contributed by atoms with Gasteiger partial charge in [-0.05, 0) is 35.9 Å². The fraction of sp³-hybridized carbons (Fsp3) is 0.0769. The van der Waals surface area contributed by atoms with Crippen LogP contribution in [0.5, 0.6) is 0 Å². The molecule has 0 unspecified atom stereocenters. The Hall–Kier alpha value is -1.32. The van der Waals surface area contributed by atoms with E-state index in [-0.39, 0.29) is 0 Å². The molecule has 1 nitrogen and oxygen atoms in total. The number of hydrogen-bond acceptors (Lipinski definition) is 1. The highest BCUT2D eigenvalue weighted by atomic mass is 35.5. The van der Waals surface area contributed by atoms with Crippen molar-refractivity contribution in [2.24, 2.45) is 0 Å². The lowest BCUT2D eigenvalue weighted by molar-refractivity contribution is 0.580. The van der Waals surface area contributed by atoms with E-state index in [1.165, 1.54) is 12.1 Å². The summed E-state index contributed by atoms with van der Waals surface area (Å²) in [5.74, 6) is -1.19. The molecule has 0 spiro atoms. The first kappa shape index (κ1) is 13.1. The zero-order chi connectivity index (χ0) is 13.1. The topological polar surface area (TPSA) is 12.0 Å². The van der Waals surface area contributed by atoms with Gasteiger partial charge in [-0.15, -0.1) is 0 Å². The molecule has 0 bridgehead atoms. The highest BCUT2D eigenvalue weighted by Gasteiger charge is 2.02. The highest BCUT2D eigenvalue weighted by molar-refractivity contribution is 6.42. The molecule has 2 aromatic carbocycles. The van der Waals surface area contributed by atoms with Gasteiger partial charge in [0.25, 0.3) is 0 Å². The maximum absolute atomic E-state index is 13.0. The van der Waals surface area contributed by atoms with Crippen LogP contribution in [-0.2, 0) is 6.54 Å². The fourth-order valence-electron chi connectivity index (χ4n) is 1.52. The normalized spacial score (nSPS) is 10.4. The van der Waals surface area contributed by atoms with Gasteiger partial charge in [-0.1, -0.05) is 23.2 Å². The van der Waals surface area contributed by atoms with Gasteiger partial charge in [0.2, 0.25) is 0 Å². The minimum absolute atomic E-state index is 0.298. The Kier molecular flexibility index (Phi) is 4.04. The molecule has 0 saturated carbocycles. The maximum Gasteiger partial charge on any atom is 0.126 e. The monoisotopic (exact) mass is 287 g/mol. The van der Waals surface area contributed by atoms with E-state index >= 15 is 0 Å². The lowest BCUT2D eigenvalue weighted by atomic mass is 10.2. The summed E-state index contributed by atoms with van der Waals surface area (Å²) in [5.41, 5.74) is 1.24. The molecule has 0 heterocycles. The number of anilines is 1. The van der Waals surface area contributed by atoms with Crippen LogP contribution in [0.25, 0.3) is 0 Å². The first-order valence-electron chi connectivity index (χ1n) is 5.18. The predicted octanol–water partition coefficient (Wildman–Crippen LogP) is 4.88. The number of benzene rings is 2. The Morgan fingerprint density at radius 3 is 2.17 bits per heavy atom. The van der Waals surface area contributed by atoms with Crippen LogP contribution in [0.2, 0.25) is 10.0 Å². The SMILES string of the molecule is Fc1cc(F)cc(CNc2ccc(Cl)c(Cl)c2)c1. The van der Waals surface area contributed by atoms with Gasteiger partial charge in [-0.2, -0.15) is 0 Å². The Labute approximate surface area is 113 Å². The van der Waals surface area contributed by atoms with Crippen LogP contribution < -0.4 is 5.32 Å². The third kappa shape index (κ3) is 3.34. The molecule has 0 atom stereocenters. The first-order chi connectivity index (χ1) is 8.54. The summed E-state index contributed by atoms with van der Waals surface area (Å²) in [5, 5.41) is 3.89. The predicted molar refractivity (Wildman–Crippen MR) is 70.1 cm³/mol. The number of halogens is 4. The van der Waals surface area contributed by atoms with Gasteiger partial charge in [-0.25, -0.2) is 8.78 Å². The van der Waals surface area contributed by atoms with Crippen molar-refractivity contribution in [1.82, 2.24) is 0 Å². The molecule has 1 N–H and O–H groups in total. The third-order valence-corrected chi connectivity index (χ3v) is 3.08. The number of nitrogens with one attached hydrogen (secondary N) is 1. The molecule has 18 heavy (non-hydrogen) atoms. The van der Waals surface area contributed by atoms with Crippen molar-refractivity contribution in [3.05, 3.63) is 63.6 Å². The molecule has 0 saturated heterocycles. The van der Waals surface area contributed by atoms with Crippen molar-refractivity contribution in [2.45, 2.75) is 6.54 Å². The second-order valence-electron chi connectivity index (χ2n) is 3.76. The molecule has 0 aliphatic carbocycles. The van der Waals surface area contributed by atoms with E-state index in [2.05, 4.69) is 5.32 Å². The van der Waals surface area contributed by atoms with Crippen LogP contribution in [0.15, 0.2) is 36.4 Å². The molecule has 0 radical (unpaired) electrons. The molecule has 0 aliphatic heterocycles. The smallest absolute Gasteiger partial charge is 0.126 e. The Bertz CT molecular complexity index is 553. The lowest BCUT2D eigenvalue weighted by Crippen LogP contribution is -2.00. The minimum Gasteiger partial charge on any atom is -0.381 e. The molecular weight excluding hydrogens is 279 g/mol. The van der Waals surface area contributed by atoms with Crippen LogP contribution in [-0.4, -0.2) is 0 Å². The van der Waals surface area contributed by atoms with E-state index in [1.54, 1.807) is 18.2 Å². The number of hydrogen-bond donors (Lipinski definition) is 1. The van der Waals surface area contributed by atoms with E-state index < -0.39 is 11.6 Å².